The lowest BCUT2D eigenvalue weighted by Crippen LogP contribution is -2.26. The number of fused-ring (bicyclic) bond motifs is 1. The van der Waals surface area contributed by atoms with Crippen LogP contribution in [-0.4, -0.2) is 36.1 Å². The molecule has 0 bridgehead atoms. The van der Waals surface area contributed by atoms with E-state index in [4.69, 9.17) is 4.99 Å². The number of amidine groups is 1. The summed E-state index contributed by atoms with van der Waals surface area (Å²) in [7, 11) is 3.88. The molecule has 6 heteroatoms. The molecular formula is C18H21N3OS2. The normalized spacial score (nSPS) is 26.6. The molecule has 3 aliphatic rings. The van der Waals surface area contributed by atoms with Crippen molar-refractivity contribution in [2.45, 2.75) is 43.0 Å². The molecule has 0 unspecified atom stereocenters. The minimum Gasteiger partial charge on any atom is -0.337 e. The third-order valence-corrected chi connectivity index (χ3v) is 7.28. The molecule has 1 saturated heterocycles. The molecule has 0 N–H and O–H groups in total. The molecule has 1 amide bonds. The van der Waals surface area contributed by atoms with Crippen molar-refractivity contribution in [2.24, 2.45) is 4.99 Å². The van der Waals surface area contributed by atoms with Crippen LogP contribution in [0.3, 0.4) is 0 Å². The first-order valence-electron chi connectivity index (χ1n) is 8.44. The first kappa shape index (κ1) is 16.1. The Kier molecular flexibility index (Phi) is 4.35. The average Bonchev–Trinajstić information content (AvgIpc) is 3.08. The molecular weight excluding hydrogens is 338 g/mol. The second-order valence-electron chi connectivity index (χ2n) is 6.43. The molecule has 0 aromatic heterocycles. The molecule has 0 radical (unpaired) electrons. The van der Waals surface area contributed by atoms with Crippen LogP contribution in [0.4, 0.5) is 5.69 Å². The van der Waals surface area contributed by atoms with Crippen molar-refractivity contribution in [3.8, 4) is 0 Å². The van der Waals surface area contributed by atoms with Crippen LogP contribution in [0.15, 0.2) is 44.1 Å². The highest BCUT2D eigenvalue weighted by atomic mass is 32.2. The SMILES string of the molecule is CN1C(=O)/C(=C2/Sc3ccccc3N2C)SC1=NC1CCCCC1. The van der Waals surface area contributed by atoms with E-state index in [9.17, 15) is 4.79 Å². The Balaban J connectivity index is 1.63. The molecule has 0 spiro atoms. The van der Waals surface area contributed by atoms with Gasteiger partial charge in [-0.3, -0.25) is 14.7 Å². The van der Waals surface area contributed by atoms with Gasteiger partial charge in [-0.1, -0.05) is 43.2 Å². The summed E-state index contributed by atoms with van der Waals surface area (Å²) in [4.78, 5) is 23.5. The molecule has 1 saturated carbocycles. The van der Waals surface area contributed by atoms with Crippen LogP contribution in [0.25, 0.3) is 0 Å². The van der Waals surface area contributed by atoms with Crippen LogP contribution >= 0.6 is 23.5 Å². The number of amides is 1. The fourth-order valence-electron chi connectivity index (χ4n) is 3.36. The summed E-state index contributed by atoms with van der Waals surface area (Å²) >= 11 is 3.21. The highest BCUT2D eigenvalue weighted by Crippen LogP contribution is 2.49. The van der Waals surface area contributed by atoms with Gasteiger partial charge in [0.1, 0.15) is 4.91 Å². The zero-order valence-electron chi connectivity index (χ0n) is 14.0. The van der Waals surface area contributed by atoms with Crippen LogP contribution in [0.5, 0.6) is 0 Å². The Morgan fingerprint density at radius 3 is 2.54 bits per heavy atom. The molecule has 2 fully saturated rings. The highest BCUT2D eigenvalue weighted by Gasteiger charge is 2.37. The lowest BCUT2D eigenvalue weighted by atomic mass is 9.96. The summed E-state index contributed by atoms with van der Waals surface area (Å²) in [5, 5.41) is 1.88. The number of aliphatic imine (C=N–C) groups is 1. The Morgan fingerprint density at radius 1 is 1.04 bits per heavy atom. The number of benzene rings is 1. The lowest BCUT2D eigenvalue weighted by Gasteiger charge is -2.19. The predicted octanol–water partition coefficient (Wildman–Crippen LogP) is 4.29. The molecule has 2 aliphatic heterocycles. The van der Waals surface area contributed by atoms with Crippen LogP contribution < -0.4 is 4.90 Å². The molecule has 1 aromatic rings. The predicted molar refractivity (Wildman–Crippen MR) is 102 cm³/mol. The minimum absolute atomic E-state index is 0.0664. The molecule has 1 aromatic carbocycles. The number of para-hydroxylation sites is 1. The summed E-state index contributed by atoms with van der Waals surface area (Å²) in [6.45, 7) is 0. The van der Waals surface area contributed by atoms with Gasteiger partial charge in [-0.25, -0.2) is 0 Å². The fraction of sp³-hybridized carbons (Fsp3) is 0.444. The van der Waals surface area contributed by atoms with Crippen LogP contribution in [-0.2, 0) is 4.79 Å². The standard InChI is InChI=1S/C18H21N3OS2/c1-20-13-10-6-7-11-14(13)23-17(20)15-16(22)21(2)18(24-15)19-12-8-4-3-5-9-12/h6-7,10-12H,3-5,8-9H2,1-2H3/b17-15-,19-18?. The van der Waals surface area contributed by atoms with E-state index in [2.05, 4.69) is 17.0 Å². The Labute approximate surface area is 151 Å². The van der Waals surface area contributed by atoms with Crippen molar-refractivity contribution >= 4 is 40.3 Å². The van der Waals surface area contributed by atoms with Gasteiger partial charge in [0, 0.05) is 19.0 Å². The summed E-state index contributed by atoms with van der Waals surface area (Å²) in [5.74, 6) is 0.0664. The average molecular weight is 360 g/mol. The molecule has 4 nitrogen and oxygen atoms in total. The number of thioether (sulfide) groups is 2. The first-order chi connectivity index (χ1) is 11.6. The van der Waals surface area contributed by atoms with Crippen LogP contribution in [0.1, 0.15) is 32.1 Å². The second kappa shape index (κ2) is 6.48. The Morgan fingerprint density at radius 2 is 1.79 bits per heavy atom. The van der Waals surface area contributed by atoms with E-state index in [0.717, 1.165) is 27.9 Å². The first-order valence-corrected chi connectivity index (χ1v) is 10.1. The molecule has 2 heterocycles. The van der Waals surface area contributed by atoms with Gasteiger partial charge < -0.3 is 4.90 Å². The Hall–Kier alpha value is -1.40. The van der Waals surface area contributed by atoms with Gasteiger partial charge in [0.05, 0.1) is 16.8 Å². The van der Waals surface area contributed by atoms with E-state index >= 15 is 0 Å². The van der Waals surface area contributed by atoms with E-state index in [1.54, 1.807) is 16.7 Å². The van der Waals surface area contributed by atoms with Crippen molar-refractivity contribution < 1.29 is 4.79 Å². The number of hydrogen-bond donors (Lipinski definition) is 0. The number of carbonyl (C=O) groups is 1. The zero-order valence-corrected chi connectivity index (χ0v) is 15.6. The van der Waals surface area contributed by atoms with Crippen molar-refractivity contribution in [1.82, 2.24) is 4.90 Å². The van der Waals surface area contributed by atoms with E-state index in [1.807, 2.05) is 26.2 Å². The van der Waals surface area contributed by atoms with E-state index in [1.165, 1.54) is 41.6 Å². The number of likely N-dealkylation sites (N-methyl/N-ethyl adjacent to an activating group) is 1. The van der Waals surface area contributed by atoms with Gasteiger partial charge in [0.15, 0.2) is 5.17 Å². The quantitative estimate of drug-likeness (QED) is 0.701. The summed E-state index contributed by atoms with van der Waals surface area (Å²) in [6, 6.07) is 8.66. The number of rotatable bonds is 1. The second-order valence-corrected chi connectivity index (χ2v) is 8.44. The molecule has 4 rings (SSSR count). The minimum atomic E-state index is 0.0664. The number of carbonyl (C=O) groups excluding carboxylic acids is 1. The van der Waals surface area contributed by atoms with Gasteiger partial charge in [-0.05, 0) is 36.7 Å². The zero-order chi connectivity index (χ0) is 16.7. The van der Waals surface area contributed by atoms with Crippen molar-refractivity contribution in [3.05, 3.63) is 34.2 Å². The van der Waals surface area contributed by atoms with E-state index < -0.39 is 0 Å². The smallest absolute Gasteiger partial charge is 0.269 e. The van der Waals surface area contributed by atoms with Gasteiger partial charge in [0.2, 0.25) is 0 Å². The van der Waals surface area contributed by atoms with Crippen LogP contribution in [0.2, 0.25) is 0 Å². The van der Waals surface area contributed by atoms with Gasteiger partial charge in [-0.2, -0.15) is 0 Å². The largest absolute Gasteiger partial charge is 0.337 e. The summed E-state index contributed by atoms with van der Waals surface area (Å²) in [6.07, 6.45) is 6.13. The number of hydrogen-bond acceptors (Lipinski definition) is 5. The van der Waals surface area contributed by atoms with Gasteiger partial charge in [-0.15, -0.1) is 0 Å². The fourth-order valence-corrected chi connectivity index (χ4v) is 5.74. The lowest BCUT2D eigenvalue weighted by molar-refractivity contribution is -0.121. The maximum absolute atomic E-state index is 12.8. The Bertz CT molecular complexity index is 738. The van der Waals surface area contributed by atoms with E-state index in [0.29, 0.717) is 6.04 Å². The molecule has 24 heavy (non-hydrogen) atoms. The van der Waals surface area contributed by atoms with Gasteiger partial charge >= 0.3 is 0 Å². The maximum Gasteiger partial charge on any atom is 0.269 e. The van der Waals surface area contributed by atoms with Crippen molar-refractivity contribution in [2.75, 3.05) is 19.0 Å². The van der Waals surface area contributed by atoms with Crippen molar-refractivity contribution in [3.63, 3.8) is 0 Å². The van der Waals surface area contributed by atoms with Crippen molar-refractivity contribution in [1.29, 1.82) is 0 Å². The summed E-state index contributed by atoms with van der Waals surface area (Å²) < 4.78 is 0. The summed E-state index contributed by atoms with van der Waals surface area (Å²) in [5.41, 5.74) is 1.17. The third kappa shape index (κ3) is 2.75. The molecule has 126 valence electrons. The number of nitrogens with zero attached hydrogens (tertiary/aromatic N) is 3. The van der Waals surface area contributed by atoms with Crippen LogP contribution in [0, 0.1) is 0 Å². The molecule has 1 aliphatic carbocycles. The monoisotopic (exact) mass is 359 g/mol. The maximum atomic E-state index is 12.8. The topological polar surface area (TPSA) is 35.9 Å². The van der Waals surface area contributed by atoms with Gasteiger partial charge in [0.25, 0.3) is 5.91 Å². The number of anilines is 1. The highest BCUT2D eigenvalue weighted by molar-refractivity contribution is 8.19. The van der Waals surface area contributed by atoms with E-state index in [-0.39, 0.29) is 5.91 Å². The molecule has 0 atom stereocenters. The third-order valence-electron chi connectivity index (χ3n) is 4.78.